The average Bonchev–Trinajstić information content (AvgIpc) is 2.41. The number of aromatic nitrogens is 1. The summed E-state index contributed by atoms with van der Waals surface area (Å²) in [5, 5.41) is 0.679. The monoisotopic (exact) mass is 227 g/mol. The number of aromatic amines is 1. The summed E-state index contributed by atoms with van der Waals surface area (Å²) in [5.41, 5.74) is 2.03. The first-order valence-corrected chi connectivity index (χ1v) is 4.97. The van der Waals surface area contributed by atoms with Crippen molar-refractivity contribution < 1.29 is 13.2 Å². The van der Waals surface area contributed by atoms with Gasteiger partial charge in [-0.2, -0.15) is 13.2 Å². The Morgan fingerprint density at radius 3 is 2.25 bits per heavy atom. The molecule has 0 aliphatic heterocycles. The molecule has 0 amide bonds. The van der Waals surface area contributed by atoms with E-state index in [2.05, 4.69) is 4.98 Å². The molecule has 0 spiro atoms. The van der Waals surface area contributed by atoms with Gasteiger partial charge in [0.05, 0.1) is 0 Å². The quantitative estimate of drug-likeness (QED) is 0.697. The van der Waals surface area contributed by atoms with E-state index in [0.717, 1.165) is 11.1 Å². The zero-order valence-electron chi connectivity index (χ0n) is 9.29. The van der Waals surface area contributed by atoms with Crippen molar-refractivity contribution in [2.24, 2.45) is 0 Å². The molecule has 1 heterocycles. The summed E-state index contributed by atoms with van der Waals surface area (Å²) in [6, 6.07) is 3.63. The molecule has 16 heavy (non-hydrogen) atoms. The van der Waals surface area contributed by atoms with Crippen molar-refractivity contribution in [2.75, 3.05) is 0 Å². The first-order chi connectivity index (χ1) is 7.30. The maximum absolute atomic E-state index is 12.7. The van der Waals surface area contributed by atoms with Crippen molar-refractivity contribution in [2.45, 2.75) is 26.9 Å². The molecule has 0 bridgehead atoms. The number of hydrogen-bond donors (Lipinski definition) is 1. The third-order valence-corrected chi connectivity index (χ3v) is 2.77. The fraction of sp³-hybridized carbons (Fsp3) is 0.333. The number of nitrogens with one attached hydrogen (secondary N) is 1. The van der Waals surface area contributed by atoms with Gasteiger partial charge in [0.25, 0.3) is 0 Å². The van der Waals surface area contributed by atoms with Crippen LogP contribution < -0.4 is 0 Å². The smallest absolute Gasteiger partial charge is 0.351 e. The summed E-state index contributed by atoms with van der Waals surface area (Å²) in [5.74, 6) is 0. The summed E-state index contributed by atoms with van der Waals surface area (Å²) in [4.78, 5) is 2.46. The molecule has 0 aliphatic carbocycles. The molecule has 86 valence electrons. The van der Waals surface area contributed by atoms with Gasteiger partial charge in [0.1, 0.15) is 5.69 Å². The highest BCUT2D eigenvalue weighted by Gasteiger charge is 2.35. The SMILES string of the molecule is Cc1cc(C)c2c(C)c(C(F)(F)F)[nH]c2c1. The van der Waals surface area contributed by atoms with Gasteiger partial charge in [-0.15, -0.1) is 0 Å². The van der Waals surface area contributed by atoms with Crippen LogP contribution in [0.1, 0.15) is 22.4 Å². The van der Waals surface area contributed by atoms with Gasteiger partial charge in [0.15, 0.2) is 0 Å². The summed E-state index contributed by atoms with van der Waals surface area (Å²) < 4.78 is 38.1. The Kier molecular flexibility index (Phi) is 2.26. The van der Waals surface area contributed by atoms with Gasteiger partial charge in [0, 0.05) is 10.9 Å². The molecule has 1 N–H and O–H groups in total. The van der Waals surface area contributed by atoms with Crippen molar-refractivity contribution in [3.8, 4) is 0 Å². The Bertz CT molecular complexity index is 549. The predicted octanol–water partition coefficient (Wildman–Crippen LogP) is 4.11. The largest absolute Gasteiger partial charge is 0.431 e. The first-order valence-electron chi connectivity index (χ1n) is 4.97. The number of H-pyrrole nitrogens is 1. The topological polar surface area (TPSA) is 15.8 Å². The van der Waals surface area contributed by atoms with Crippen LogP contribution in [-0.4, -0.2) is 4.98 Å². The minimum Gasteiger partial charge on any atom is -0.351 e. The number of rotatable bonds is 0. The third kappa shape index (κ3) is 1.58. The summed E-state index contributed by atoms with van der Waals surface area (Å²) in [7, 11) is 0. The number of fused-ring (bicyclic) bond motifs is 1. The van der Waals surface area contributed by atoms with E-state index in [1.807, 2.05) is 19.9 Å². The second-order valence-corrected chi connectivity index (χ2v) is 4.13. The highest BCUT2D eigenvalue weighted by molar-refractivity contribution is 5.88. The van der Waals surface area contributed by atoms with E-state index < -0.39 is 11.9 Å². The Labute approximate surface area is 91.3 Å². The zero-order valence-corrected chi connectivity index (χ0v) is 9.29. The molecule has 1 nitrogen and oxygen atoms in total. The van der Waals surface area contributed by atoms with Gasteiger partial charge in [-0.05, 0) is 43.5 Å². The molecular weight excluding hydrogens is 215 g/mol. The normalized spacial score (nSPS) is 12.4. The molecule has 0 radical (unpaired) electrons. The van der Waals surface area contributed by atoms with Crippen molar-refractivity contribution in [1.29, 1.82) is 0 Å². The van der Waals surface area contributed by atoms with Crippen LogP contribution in [0.15, 0.2) is 12.1 Å². The fourth-order valence-corrected chi connectivity index (χ4v) is 2.20. The zero-order chi connectivity index (χ0) is 12.1. The molecule has 0 fully saturated rings. The van der Waals surface area contributed by atoms with Gasteiger partial charge >= 0.3 is 6.18 Å². The molecule has 1 aromatic heterocycles. The number of benzene rings is 1. The molecule has 0 saturated heterocycles. The summed E-state index contributed by atoms with van der Waals surface area (Å²) in [6.07, 6.45) is -4.32. The van der Waals surface area contributed by atoms with Gasteiger partial charge in [-0.1, -0.05) is 6.07 Å². The second kappa shape index (κ2) is 3.27. The molecular formula is C12H12F3N. The number of aryl methyl sites for hydroxylation is 3. The minimum absolute atomic E-state index is 0.278. The Balaban J connectivity index is 2.83. The van der Waals surface area contributed by atoms with Crippen LogP contribution in [-0.2, 0) is 6.18 Å². The van der Waals surface area contributed by atoms with Crippen molar-refractivity contribution >= 4 is 10.9 Å². The van der Waals surface area contributed by atoms with Crippen molar-refractivity contribution in [1.82, 2.24) is 4.98 Å². The van der Waals surface area contributed by atoms with Gasteiger partial charge in [-0.25, -0.2) is 0 Å². The lowest BCUT2D eigenvalue weighted by atomic mass is 10.0. The molecule has 0 saturated carbocycles. The standard InChI is InChI=1S/C12H12F3N/c1-6-4-7(2)10-8(3)11(12(13,14)15)16-9(10)5-6/h4-5,16H,1-3H3. The number of halogens is 3. The predicted molar refractivity (Wildman–Crippen MR) is 57.5 cm³/mol. The van der Waals surface area contributed by atoms with Crippen LogP contribution in [0.4, 0.5) is 13.2 Å². The number of alkyl halides is 3. The highest BCUT2D eigenvalue weighted by atomic mass is 19.4. The first kappa shape index (κ1) is 11.0. The van der Waals surface area contributed by atoms with E-state index in [0.29, 0.717) is 10.9 Å². The van der Waals surface area contributed by atoms with Crippen LogP contribution in [0.2, 0.25) is 0 Å². The van der Waals surface area contributed by atoms with Crippen LogP contribution in [0.5, 0.6) is 0 Å². The van der Waals surface area contributed by atoms with E-state index in [1.165, 1.54) is 6.92 Å². The average molecular weight is 227 g/mol. The van der Waals surface area contributed by atoms with E-state index in [4.69, 9.17) is 0 Å². The Morgan fingerprint density at radius 2 is 1.69 bits per heavy atom. The lowest BCUT2D eigenvalue weighted by Crippen LogP contribution is -2.06. The minimum atomic E-state index is -4.32. The fourth-order valence-electron chi connectivity index (χ4n) is 2.20. The maximum atomic E-state index is 12.7. The number of hydrogen-bond acceptors (Lipinski definition) is 0. The van der Waals surface area contributed by atoms with E-state index in [-0.39, 0.29) is 5.56 Å². The maximum Gasteiger partial charge on any atom is 0.431 e. The van der Waals surface area contributed by atoms with E-state index in [1.54, 1.807) is 6.07 Å². The summed E-state index contributed by atoms with van der Waals surface area (Å²) >= 11 is 0. The van der Waals surface area contributed by atoms with Crippen LogP contribution >= 0.6 is 0 Å². The van der Waals surface area contributed by atoms with Gasteiger partial charge in [-0.3, -0.25) is 0 Å². The molecule has 0 aliphatic rings. The van der Waals surface area contributed by atoms with Gasteiger partial charge < -0.3 is 4.98 Å². The second-order valence-electron chi connectivity index (χ2n) is 4.13. The van der Waals surface area contributed by atoms with E-state index in [9.17, 15) is 13.2 Å². The van der Waals surface area contributed by atoms with Crippen LogP contribution in [0, 0.1) is 20.8 Å². The molecule has 2 rings (SSSR count). The Hall–Kier alpha value is -1.45. The van der Waals surface area contributed by atoms with Gasteiger partial charge in [0.2, 0.25) is 0 Å². The molecule has 1 aromatic carbocycles. The Morgan fingerprint density at radius 1 is 1.06 bits per heavy atom. The van der Waals surface area contributed by atoms with Crippen molar-refractivity contribution in [3.63, 3.8) is 0 Å². The third-order valence-electron chi connectivity index (χ3n) is 2.77. The van der Waals surface area contributed by atoms with Crippen LogP contribution in [0.25, 0.3) is 10.9 Å². The molecule has 0 atom stereocenters. The molecule has 0 unspecified atom stereocenters. The van der Waals surface area contributed by atoms with Crippen LogP contribution in [0.3, 0.4) is 0 Å². The lowest BCUT2D eigenvalue weighted by molar-refractivity contribution is -0.141. The van der Waals surface area contributed by atoms with E-state index >= 15 is 0 Å². The highest BCUT2D eigenvalue weighted by Crippen LogP contribution is 2.36. The lowest BCUT2D eigenvalue weighted by Gasteiger charge is -2.04. The van der Waals surface area contributed by atoms with Crippen molar-refractivity contribution in [3.05, 3.63) is 34.5 Å². The molecule has 4 heteroatoms. The molecule has 2 aromatic rings. The summed E-state index contributed by atoms with van der Waals surface area (Å²) in [6.45, 7) is 5.20.